The number of esters is 1. The molecule has 1 aromatic carbocycles. The molecule has 94 valence electrons. The molecule has 19 heavy (non-hydrogen) atoms. The van der Waals surface area contributed by atoms with Gasteiger partial charge in [0, 0.05) is 10.6 Å². The van der Waals surface area contributed by atoms with E-state index in [1.807, 2.05) is 16.8 Å². The fourth-order valence-electron chi connectivity index (χ4n) is 1.67. The molecule has 1 aliphatic rings. The molecule has 0 radical (unpaired) electrons. The maximum absolute atomic E-state index is 11.7. The molecular formula is C14H8ClNO2S. The maximum atomic E-state index is 11.7. The Morgan fingerprint density at radius 3 is 2.95 bits per heavy atom. The molecule has 0 bridgehead atoms. The number of rotatable bonds is 2. The summed E-state index contributed by atoms with van der Waals surface area (Å²) >= 11 is 7.46. The van der Waals surface area contributed by atoms with Gasteiger partial charge in [-0.1, -0.05) is 17.7 Å². The molecule has 0 saturated heterocycles. The van der Waals surface area contributed by atoms with Crippen molar-refractivity contribution in [3.8, 4) is 0 Å². The van der Waals surface area contributed by atoms with Crippen molar-refractivity contribution < 1.29 is 9.53 Å². The van der Waals surface area contributed by atoms with Gasteiger partial charge >= 0.3 is 5.97 Å². The standard InChI is InChI=1S/C14H8ClNO2S/c15-11-3-1-2-10(7-11)13-16-12(14(17)18-13)6-9-4-5-19-8-9/h1-8H/b12-6+. The first-order chi connectivity index (χ1) is 9.22. The third-order valence-electron chi connectivity index (χ3n) is 2.54. The van der Waals surface area contributed by atoms with Crippen LogP contribution in [0.5, 0.6) is 0 Å². The van der Waals surface area contributed by atoms with Crippen LogP contribution < -0.4 is 0 Å². The number of halogens is 1. The van der Waals surface area contributed by atoms with Crippen LogP contribution in [0.2, 0.25) is 5.02 Å². The summed E-state index contributed by atoms with van der Waals surface area (Å²) in [5, 5.41) is 4.45. The van der Waals surface area contributed by atoms with Crippen LogP contribution >= 0.6 is 22.9 Å². The van der Waals surface area contributed by atoms with Crippen LogP contribution in [0.15, 0.2) is 51.8 Å². The second-order valence-electron chi connectivity index (χ2n) is 3.90. The molecular weight excluding hydrogens is 282 g/mol. The first-order valence-electron chi connectivity index (χ1n) is 5.53. The molecule has 0 N–H and O–H groups in total. The Labute approximate surface area is 118 Å². The first-order valence-corrected chi connectivity index (χ1v) is 6.85. The highest BCUT2D eigenvalue weighted by atomic mass is 35.5. The Balaban J connectivity index is 1.95. The van der Waals surface area contributed by atoms with Gasteiger partial charge in [-0.05, 0) is 46.7 Å². The summed E-state index contributed by atoms with van der Waals surface area (Å²) < 4.78 is 5.15. The van der Waals surface area contributed by atoms with E-state index in [-0.39, 0.29) is 5.90 Å². The average molecular weight is 290 g/mol. The predicted octanol–water partition coefficient (Wildman–Crippen LogP) is 3.75. The van der Waals surface area contributed by atoms with E-state index in [0.717, 1.165) is 5.56 Å². The lowest BCUT2D eigenvalue weighted by atomic mass is 10.2. The molecule has 0 spiro atoms. The molecule has 1 aromatic heterocycles. The molecule has 5 heteroatoms. The van der Waals surface area contributed by atoms with Gasteiger partial charge in [-0.15, -0.1) is 0 Å². The monoisotopic (exact) mass is 289 g/mol. The predicted molar refractivity (Wildman–Crippen MR) is 76.4 cm³/mol. The zero-order chi connectivity index (χ0) is 13.2. The lowest BCUT2D eigenvalue weighted by molar-refractivity contribution is -0.129. The Morgan fingerprint density at radius 1 is 1.32 bits per heavy atom. The minimum absolute atomic E-state index is 0.286. The SMILES string of the molecule is O=C1OC(c2cccc(Cl)c2)=N/C1=C/c1ccsc1. The molecule has 0 unspecified atom stereocenters. The Bertz CT molecular complexity index is 689. The van der Waals surface area contributed by atoms with E-state index in [2.05, 4.69) is 4.99 Å². The van der Waals surface area contributed by atoms with Gasteiger partial charge < -0.3 is 4.74 Å². The van der Waals surface area contributed by atoms with E-state index >= 15 is 0 Å². The highest BCUT2D eigenvalue weighted by Crippen LogP contribution is 2.21. The van der Waals surface area contributed by atoms with E-state index in [0.29, 0.717) is 16.3 Å². The second kappa shape index (κ2) is 4.99. The Hall–Kier alpha value is -1.91. The Kier molecular flexibility index (Phi) is 3.19. The van der Waals surface area contributed by atoms with Gasteiger partial charge in [0.25, 0.3) is 0 Å². The van der Waals surface area contributed by atoms with Gasteiger partial charge in [0.05, 0.1) is 0 Å². The minimum Gasteiger partial charge on any atom is -0.402 e. The number of thiophene rings is 1. The van der Waals surface area contributed by atoms with E-state index < -0.39 is 5.97 Å². The van der Waals surface area contributed by atoms with E-state index in [1.165, 1.54) is 0 Å². The van der Waals surface area contributed by atoms with Crippen LogP contribution in [-0.2, 0) is 9.53 Å². The molecule has 0 amide bonds. The number of hydrogen-bond acceptors (Lipinski definition) is 4. The molecule has 0 atom stereocenters. The molecule has 0 fully saturated rings. The molecule has 1 aliphatic heterocycles. The highest BCUT2D eigenvalue weighted by molar-refractivity contribution is 7.08. The summed E-state index contributed by atoms with van der Waals surface area (Å²) in [6, 6.07) is 8.96. The number of aliphatic imine (C=N–C) groups is 1. The fraction of sp³-hybridized carbons (Fsp3) is 0. The van der Waals surface area contributed by atoms with Crippen molar-refractivity contribution in [2.75, 3.05) is 0 Å². The molecule has 2 aromatic rings. The summed E-state index contributed by atoms with van der Waals surface area (Å²) in [6.07, 6.45) is 1.70. The van der Waals surface area contributed by atoms with Crippen LogP contribution in [0.4, 0.5) is 0 Å². The van der Waals surface area contributed by atoms with Crippen molar-refractivity contribution in [2.45, 2.75) is 0 Å². The zero-order valence-electron chi connectivity index (χ0n) is 9.67. The molecule has 3 nitrogen and oxygen atoms in total. The van der Waals surface area contributed by atoms with Crippen LogP contribution in [0.1, 0.15) is 11.1 Å². The van der Waals surface area contributed by atoms with Crippen molar-refractivity contribution in [3.63, 3.8) is 0 Å². The number of hydrogen-bond donors (Lipinski definition) is 0. The summed E-state index contributed by atoms with van der Waals surface area (Å²) in [5.74, 6) is -0.157. The van der Waals surface area contributed by atoms with Gasteiger partial charge in [0.1, 0.15) is 0 Å². The smallest absolute Gasteiger partial charge is 0.363 e. The first kappa shape index (κ1) is 12.1. The van der Waals surface area contributed by atoms with Gasteiger partial charge in [0.15, 0.2) is 5.70 Å². The van der Waals surface area contributed by atoms with Gasteiger partial charge in [-0.2, -0.15) is 11.3 Å². The second-order valence-corrected chi connectivity index (χ2v) is 5.12. The number of carbonyl (C=O) groups excluding carboxylic acids is 1. The lowest BCUT2D eigenvalue weighted by Gasteiger charge is -1.98. The Morgan fingerprint density at radius 2 is 2.21 bits per heavy atom. The summed E-state index contributed by atoms with van der Waals surface area (Å²) in [5.41, 5.74) is 1.93. The minimum atomic E-state index is -0.443. The lowest BCUT2D eigenvalue weighted by Crippen LogP contribution is -2.05. The topological polar surface area (TPSA) is 38.7 Å². The number of nitrogens with zero attached hydrogens (tertiary/aromatic N) is 1. The van der Waals surface area contributed by atoms with Gasteiger partial charge in [-0.25, -0.2) is 9.79 Å². The normalized spacial score (nSPS) is 16.6. The van der Waals surface area contributed by atoms with Crippen molar-refractivity contribution >= 4 is 40.9 Å². The summed E-state index contributed by atoms with van der Waals surface area (Å²) in [7, 11) is 0. The third kappa shape index (κ3) is 2.59. The zero-order valence-corrected chi connectivity index (χ0v) is 11.2. The number of benzene rings is 1. The van der Waals surface area contributed by atoms with Crippen LogP contribution in [-0.4, -0.2) is 11.9 Å². The van der Waals surface area contributed by atoms with Crippen molar-refractivity contribution in [3.05, 3.63) is 62.9 Å². The molecule has 3 rings (SSSR count). The summed E-state index contributed by atoms with van der Waals surface area (Å²) in [4.78, 5) is 15.9. The van der Waals surface area contributed by atoms with Crippen molar-refractivity contribution in [2.24, 2.45) is 4.99 Å². The molecule has 0 saturated carbocycles. The molecule has 0 aliphatic carbocycles. The molecule has 2 heterocycles. The van der Waals surface area contributed by atoms with E-state index in [1.54, 1.807) is 41.7 Å². The van der Waals surface area contributed by atoms with Gasteiger partial charge in [-0.3, -0.25) is 0 Å². The number of carbonyl (C=O) groups is 1. The van der Waals surface area contributed by atoms with Crippen LogP contribution in [0, 0.1) is 0 Å². The number of ether oxygens (including phenoxy) is 1. The fourth-order valence-corrected chi connectivity index (χ4v) is 2.48. The summed E-state index contributed by atoms with van der Waals surface area (Å²) in [6.45, 7) is 0. The largest absolute Gasteiger partial charge is 0.402 e. The quantitative estimate of drug-likeness (QED) is 0.624. The van der Waals surface area contributed by atoms with E-state index in [9.17, 15) is 4.79 Å². The third-order valence-corrected chi connectivity index (χ3v) is 3.48. The number of cyclic esters (lactones) is 1. The maximum Gasteiger partial charge on any atom is 0.363 e. The van der Waals surface area contributed by atoms with E-state index in [4.69, 9.17) is 16.3 Å². The van der Waals surface area contributed by atoms with Crippen LogP contribution in [0.3, 0.4) is 0 Å². The van der Waals surface area contributed by atoms with Gasteiger partial charge in [0.2, 0.25) is 5.90 Å². The van der Waals surface area contributed by atoms with Crippen molar-refractivity contribution in [1.29, 1.82) is 0 Å². The van der Waals surface area contributed by atoms with Crippen molar-refractivity contribution in [1.82, 2.24) is 0 Å². The van der Waals surface area contributed by atoms with Crippen LogP contribution in [0.25, 0.3) is 6.08 Å². The highest BCUT2D eigenvalue weighted by Gasteiger charge is 2.24. The average Bonchev–Trinajstić information content (AvgIpc) is 3.01.